The number of rotatable bonds is 1. The zero-order chi connectivity index (χ0) is 5.21. The first-order chi connectivity index (χ1) is 2.56. The standard InChI is InChI=1S/CH4O3S2/c1-5-6(2,3)4/h1H3,(H,2,3,4)/p-1. The molecule has 0 aliphatic rings. The van der Waals surface area contributed by atoms with E-state index in [9.17, 15) is 13.0 Å². The summed E-state index contributed by atoms with van der Waals surface area (Å²) in [5.74, 6) is 0. The molecule has 0 aromatic rings. The fourth-order valence-corrected chi connectivity index (χ4v) is 0. The molecule has 0 radical (unpaired) electrons. The zero-order valence-electron chi connectivity index (χ0n) is 3.04. The Bertz CT molecular complexity index is 111. The molecule has 6 heavy (non-hydrogen) atoms. The average Bonchev–Trinajstić information content (AvgIpc) is 1.35. The van der Waals surface area contributed by atoms with E-state index >= 15 is 0 Å². The summed E-state index contributed by atoms with van der Waals surface area (Å²) in [6.45, 7) is 0. The van der Waals surface area contributed by atoms with Crippen LogP contribution in [-0.2, 0) is 9.15 Å². The lowest BCUT2D eigenvalue weighted by atomic mass is 12.0. The minimum absolute atomic E-state index is 0.299. The van der Waals surface area contributed by atoms with Crippen molar-refractivity contribution in [2.75, 3.05) is 6.26 Å². The van der Waals surface area contributed by atoms with Crippen LogP contribution in [0.5, 0.6) is 0 Å². The van der Waals surface area contributed by atoms with E-state index in [0.717, 1.165) is 0 Å². The topological polar surface area (TPSA) is 57.2 Å². The van der Waals surface area contributed by atoms with E-state index < -0.39 is 9.15 Å². The Morgan fingerprint density at radius 3 is 1.83 bits per heavy atom. The molecule has 0 amide bonds. The molecule has 3 nitrogen and oxygen atoms in total. The van der Waals surface area contributed by atoms with Gasteiger partial charge in [0, 0.05) is 0 Å². The molecular formula is CH3O3S2-. The van der Waals surface area contributed by atoms with Gasteiger partial charge in [0.05, 0.1) is 0 Å². The van der Waals surface area contributed by atoms with Crippen molar-refractivity contribution < 1.29 is 13.0 Å². The van der Waals surface area contributed by atoms with Gasteiger partial charge in [-0.05, 0) is 17.0 Å². The van der Waals surface area contributed by atoms with Gasteiger partial charge in [-0.2, -0.15) is 0 Å². The highest BCUT2D eigenvalue weighted by molar-refractivity contribution is 8.69. The van der Waals surface area contributed by atoms with Gasteiger partial charge in [0.25, 0.3) is 0 Å². The quantitative estimate of drug-likeness (QED) is 0.362. The van der Waals surface area contributed by atoms with Crippen LogP contribution in [0.25, 0.3) is 0 Å². The van der Waals surface area contributed by atoms with Gasteiger partial charge in [-0.1, -0.05) is 0 Å². The summed E-state index contributed by atoms with van der Waals surface area (Å²) in [6, 6.07) is 0. The molecule has 0 atom stereocenters. The van der Waals surface area contributed by atoms with Gasteiger partial charge in [-0.25, -0.2) is 8.42 Å². The van der Waals surface area contributed by atoms with Crippen LogP contribution < -0.4 is 0 Å². The maximum atomic E-state index is 9.41. The van der Waals surface area contributed by atoms with Crippen molar-refractivity contribution >= 4 is 19.9 Å². The molecule has 0 N–H and O–H groups in total. The summed E-state index contributed by atoms with van der Waals surface area (Å²) in [5, 5.41) is 0. The highest BCUT2D eigenvalue weighted by Gasteiger charge is 1.81. The van der Waals surface area contributed by atoms with Gasteiger partial charge >= 0.3 is 0 Å². The monoisotopic (exact) mass is 127 g/mol. The summed E-state index contributed by atoms with van der Waals surface area (Å²) in [4.78, 5) is 0. The minimum atomic E-state index is -4.00. The van der Waals surface area contributed by atoms with Gasteiger partial charge in [0.1, 0.15) is 9.15 Å². The Morgan fingerprint density at radius 2 is 1.83 bits per heavy atom. The second-order valence-electron chi connectivity index (χ2n) is 0.575. The third kappa shape index (κ3) is 4.26. The zero-order valence-corrected chi connectivity index (χ0v) is 4.67. The summed E-state index contributed by atoms with van der Waals surface area (Å²) in [5.41, 5.74) is 0. The molecule has 0 aliphatic heterocycles. The average molecular weight is 127 g/mol. The SMILES string of the molecule is CSS(=O)(=O)[O-]. The van der Waals surface area contributed by atoms with Crippen LogP contribution in [0.3, 0.4) is 0 Å². The van der Waals surface area contributed by atoms with Crippen molar-refractivity contribution in [3.8, 4) is 0 Å². The number of hydrogen-bond donors (Lipinski definition) is 0. The molecule has 0 aliphatic carbocycles. The molecule has 0 bridgehead atoms. The first-order valence-corrected chi connectivity index (χ1v) is 4.22. The Balaban J connectivity index is 3.85. The molecule has 0 unspecified atom stereocenters. The molecule has 0 saturated heterocycles. The van der Waals surface area contributed by atoms with E-state index in [2.05, 4.69) is 0 Å². The molecule has 0 spiro atoms. The number of hydrogen-bond acceptors (Lipinski definition) is 4. The van der Waals surface area contributed by atoms with Crippen molar-refractivity contribution in [3.05, 3.63) is 0 Å². The molecule has 0 heterocycles. The lowest BCUT2D eigenvalue weighted by Gasteiger charge is -1.96. The van der Waals surface area contributed by atoms with Crippen LogP contribution in [0.4, 0.5) is 0 Å². The predicted octanol–water partition coefficient (Wildman–Crippen LogP) is -0.190. The van der Waals surface area contributed by atoms with E-state index in [-0.39, 0.29) is 0 Å². The molecule has 5 heteroatoms. The van der Waals surface area contributed by atoms with Crippen LogP contribution in [0, 0.1) is 0 Å². The van der Waals surface area contributed by atoms with Crippen molar-refractivity contribution in [2.24, 2.45) is 0 Å². The lowest BCUT2D eigenvalue weighted by Crippen LogP contribution is -1.85. The Morgan fingerprint density at radius 1 is 1.67 bits per heavy atom. The summed E-state index contributed by atoms with van der Waals surface area (Å²) in [7, 11) is -3.70. The molecule has 0 fully saturated rings. The van der Waals surface area contributed by atoms with Crippen LogP contribution >= 0.6 is 10.8 Å². The highest BCUT2D eigenvalue weighted by Crippen LogP contribution is 1.99. The Labute approximate surface area is 39.9 Å². The molecule has 38 valence electrons. The smallest absolute Gasteiger partial charge is 0.148 e. The van der Waals surface area contributed by atoms with E-state index in [1.54, 1.807) is 0 Å². The third-order valence-corrected chi connectivity index (χ3v) is 1.84. The van der Waals surface area contributed by atoms with E-state index in [1.165, 1.54) is 6.26 Å². The van der Waals surface area contributed by atoms with Crippen molar-refractivity contribution in [1.29, 1.82) is 0 Å². The van der Waals surface area contributed by atoms with Crippen LogP contribution in [0.15, 0.2) is 0 Å². The van der Waals surface area contributed by atoms with Crippen molar-refractivity contribution in [1.82, 2.24) is 0 Å². The fourth-order valence-electron chi connectivity index (χ4n) is 0. The molecule has 0 saturated carbocycles. The second kappa shape index (κ2) is 1.81. The lowest BCUT2D eigenvalue weighted by molar-refractivity contribution is 0.482. The molecule has 0 rings (SSSR count). The summed E-state index contributed by atoms with van der Waals surface area (Å²) >= 11 is 0. The highest BCUT2D eigenvalue weighted by atomic mass is 33.1. The van der Waals surface area contributed by atoms with Gasteiger partial charge in [-0.15, -0.1) is 0 Å². The van der Waals surface area contributed by atoms with Crippen LogP contribution in [-0.4, -0.2) is 19.2 Å². The van der Waals surface area contributed by atoms with Crippen molar-refractivity contribution in [2.45, 2.75) is 0 Å². The maximum absolute atomic E-state index is 9.41. The summed E-state index contributed by atoms with van der Waals surface area (Å²) < 4.78 is 28.2. The molecular weight excluding hydrogens is 124 g/mol. The first kappa shape index (κ1) is 6.26. The second-order valence-corrected chi connectivity index (χ2v) is 3.95. The van der Waals surface area contributed by atoms with E-state index in [4.69, 9.17) is 0 Å². The first-order valence-electron chi connectivity index (χ1n) is 1.07. The predicted molar refractivity (Wildman–Crippen MR) is 23.2 cm³/mol. The summed E-state index contributed by atoms with van der Waals surface area (Å²) in [6.07, 6.45) is 1.22. The van der Waals surface area contributed by atoms with Gasteiger partial charge in [0.2, 0.25) is 0 Å². The van der Waals surface area contributed by atoms with Crippen LogP contribution in [0.1, 0.15) is 0 Å². The molecule has 0 aromatic carbocycles. The third-order valence-electron chi connectivity index (χ3n) is 0.204. The fraction of sp³-hybridized carbons (Fsp3) is 1.00. The maximum Gasteiger partial charge on any atom is 0.148 e. The van der Waals surface area contributed by atoms with E-state index in [1.807, 2.05) is 0 Å². The van der Waals surface area contributed by atoms with Crippen LogP contribution in [0.2, 0.25) is 0 Å². The van der Waals surface area contributed by atoms with Gasteiger partial charge < -0.3 is 4.55 Å². The van der Waals surface area contributed by atoms with Crippen molar-refractivity contribution in [3.63, 3.8) is 0 Å². The Kier molecular flexibility index (Phi) is 1.89. The van der Waals surface area contributed by atoms with Gasteiger partial charge in [-0.3, -0.25) is 0 Å². The minimum Gasteiger partial charge on any atom is -0.739 e. The molecule has 0 aromatic heterocycles. The van der Waals surface area contributed by atoms with Gasteiger partial charge in [0.15, 0.2) is 0 Å². The Hall–Kier alpha value is 0.260. The largest absolute Gasteiger partial charge is 0.739 e. The van der Waals surface area contributed by atoms with E-state index in [0.29, 0.717) is 10.8 Å². The normalized spacial score (nSPS) is 11.7.